The fourth-order valence-corrected chi connectivity index (χ4v) is 6.42. The number of hydrogen-bond acceptors (Lipinski definition) is 13. The molecule has 72 heavy (non-hydrogen) atoms. The third-order valence-corrected chi connectivity index (χ3v) is 10.5. The van der Waals surface area contributed by atoms with Crippen LogP contribution in [-0.2, 0) is 87.1 Å². The van der Waals surface area contributed by atoms with Crippen LogP contribution in [0.15, 0.2) is 88.2 Å². The van der Waals surface area contributed by atoms with Gasteiger partial charge in [-0.2, -0.15) is 0 Å². The van der Waals surface area contributed by atoms with Gasteiger partial charge in [0, 0.05) is 98.3 Å². The number of rotatable bonds is 12. The Kier molecular flexibility index (Phi) is 34.0. The van der Waals surface area contributed by atoms with E-state index in [-0.39, 0.29) is 49.4 Å². The van der Waals surface area contributed by atoms with Crippen LogP contribution >= 0.6 is 77.0 Å². The zero-order valence-electron chi connectivity index (χ0n) is 41.9. The van der Waals surface area contributed by atoms with Crippen molar-refractivity contribution in [1.29, 1.82) is 0 Å². The molecule has 0 unspecified atom stereocenters. The van der Waals surface area contributed by atoms with E-state index in [1.807, 2.05) is 78.0 Å². The molecule has 0 saturated heterocycles. The summed E-state index contributed by atoms with van der Waals surface area (Å²) in [7, 11) is 1.26. The molecule has 0 aliphatic rings. The van der Waals surface area contributed by atoms with E-state index in [2.05, 4.69) is 96.6 Å². The summed E-state index contributed by atoms with van der Waals surface area (Å²) >= 11 is 10.7. The summed E-state index contributed by atoms with van der Waals surface area (Å²) in [5.41, 5.74) is 2.48. The molecular formula is C48H61Br2CuI2N6O12Zn+. The molecule has 4 N–H and O–H groups in total. The SMILES string of the molecule is Brc1ccc(I)nc1.C=[O+]C(=O)[C@H](CI)NC(=O)OC(C)(C)C.COC(=O)[C@H](Cc1ccc(Br)cn1)NC(=O)OC(C)(C)C.Cc1ccccc1-c1ccc(C[C@H](NC(=O)OC(C)(C)C)C(=O)O)nc1.[Cu].[Zn]. The number of halogens is 4. The number of benzene rings is 1. The van der Waals surface area contributed by atoms with Gasteiger partial charge in [0.1, 0.15) is 32.6 Å². The van der Waals surface area contributed by atoms with Gasteiger partial charge in [0.05, 0.1) is 11.9 Å². The first-order valence-corrected chi connectivity index (χ1v) is 25.3. The summed E-state index contributed by atoms with van der Waals surface area (Å²) in [6.07, 6.45) is 3.33. The first-order chi connectivity index (χ1) is 32.4. The van der Waals surface area contributed by atoms with Crippen LogP contribution in [0.3, 0.4) is 0 Å². The zero-order valence-corrected chi connectivity index (χ0v) is 53.3. The van der Waals surface area contributed by atoms with Crippen LogP contribution in [0.2, 0.25) is 0 Å². The third-order valence-electron chi connectivity index (χ3n) is 8.03. The van der Waals surface area contributed by atoms with E-state index in [1.165, 1.54) is 7.11 Å². The molecular weight excluding hydrogens is 1400 g/mol. The molecule has 0 saturated carbocycles. The van der Waals surface area contributed by atoms with Crippen LogP contribution in [0, 0.1) is 10.6 Å². The van der Waals surface area contributed by atoms with Gasteiger partial charge in [-0.1, -0.05) is 52.9 Å². The van der Waals surface area contributed by atoms with Crippen LogP contribution < -0.4 is 16.0 Å². The molecule has 1 aromatic carbocycles. The van der Waals surface area contributed by atoms with Crippen molar-refractivity contribution in [2.24, 2.45) is 0 Å². The van der Waals surface area contributed by atoms with Crippen molar-refractivity contribution in [3.63, 3.8) is 0 Å². The van der Waals surface area contributed by atoms with Crippen molar-refractivity contribution in [2.75, 3.05) is 11.5 Å². The van der Waals surface area contributed by atoms with E-state index in [4.69, 9.17) is 18.9 Å². The topological polar surface area (TPSA) is 246 Å². The van der Waals surface area contributed by atoms with Gasteiger partial charge >= 0.3 is 36.2 Å². The van der Waals surface area contributed by atoms with Crippen LogP contribution in [0.4, 0.5) is 14.4 Å². The summed E-state index contributed by atoms with van der Waals surface area (Å²) in [6.45, 7) is 20.6. The molecule has 0 aliphatic carbocycles. The number of alkyl halides is 1. The Hall–Kier alpha value is -3.68. The molecule has 4 aromatic rings. The monoisotopic (exact) mass is 1450 g/mol. The number of hydrogen-bond donors (Lipinski definition) is 4. The summed E-state index contributed by atoms with van der Waals surface area (Å²) < 4.78 is 27.5. The molecule has 3 aromatic heterocycles. The number of carbonyl (C=O) groups is 6. The molecule has 3 atom stereocenters. The molecule has 3 heterocycles. The number of alkyl carbamates (subject to hydrolysis) is 3. The molecule has 0 spiro atoms. The van der Waals surface area contributed by atoms with Crippen molar-refractivity contribution < 1.29 is 93.8 Å². The second-order valence-corrected chi connectivity index (χ2v) is 21.4. The fourth-order valence-electron chi connectivity index (χ4n) is 5.05. The van der Waals surface area contributed by atoms with Gasteiger partial charge in [-0.3, -0.25) is 14.4 Å². The molecule has 18 nitrogen and oxygen atoms in total. The van der Waals surface area contributed by atoms with Crippen LogP contribution in [0.5, 0.6) is 0 Å². The van der Waals surface area contributed by atoms with Crippen LogP contribution in [0.25, 0.3) is 11.1 Å². The van der Waals surface area contributed by atoms with Gasteiger partial charge < -0.3 is 40.0 Å². The summed E-state index contributed by atoms with van der Waals surface area (Å²) in [4.78, 5) is 81.7. The van der Waals surface area contributed by atoms with Crippen molar-refractivity contribution in [1.82, 2.24) is 30.9 Å². The second-order valence-electron chi connectivity index (χ2n) is 17.6. The maximum atomic E-state index is 11.8. The van der Waals surface area contributed by atoms with Gasteiger partial charge in [0.15, 0.2) is 6.79 Å². The molecule has 4 rings (SSSR count). The van der Waals surface area contributed by atoms with Gasteiger partial charge in [0.2, 0.25) is 6.04 Å². The minimum Gasteiger partial charge on any atom is -0.480 e. The Balaban J connectivity index is 0. The number of carboxylic acids is 1. The normalized spacial score (nSPS) is 11.8. The average molecular weight is 1460 g/mol. The van der Waals surface area contributed by atoms with Gasteiger partial charge in [0.25, 0.3) is 0 Å². The Morgan fingerprint density at radius 1 is 0.681 bits per heavy atom. The third kappa shape index (κ3) is 31.8. The number of esters is 1. The first-order valence-electron chi connectivity index (χ1n) is 21.1. The number of carboxylic acid groups (broad SMARTS) is 1. The Morgan fingerprint density at radius 3 is 1.47 bits per heavy atom. The summed E-state index contributed by atoms with van der Waals surface area (Å²) in [6, 6.07) is 16.4. The smallest absolute Gasteiger partial charge is 0.480 e. The minimum absolute atomic E-state index is 0. The fraction of sp³-hybridized carbons (Fsp3) is 0.417. The number of aliphatic carboxylic acids is 1. The number of pyridine rings is 3. The van der Waals surface area contributed by atoms with Crippen molar-refractivity contribution in [2.45, 2.75) is 117 Å². The predicted octanol–water partition coefficient (Wildman–Crippen LogP) is 9.68. The van der Waals surface area contributed by atoms with E-state index in [9.17, 15) is 33.9 Å². The number of amides is 3. The molecule has 395 valence electrons. The zero-order chi connectivity index (χ0) is 53.4. The van der Waals surface area contributed by atoms with E-state index < -0.39 is 71.1 Å². The van der Waals surface area contributed by atoms with E-state index >= 15 is 0 Å². The number of aromatic nitrogens is 3. The second kappa shape index (κ2) is 34.7. The van der Waals surface area contributed by atoms with Crippen molar-refractivity contribution in [3.8, 4) is 11.1 Å². The average Bonchev–Trinajstić information content (AvgIpc) is 3.25. The van der Waals surface area contributed by atoms with Crippen LogP contribution in [0.1, 0.15) is 79.3 Å². The molecule has 3 amide bonds. The standard InChI is InChI=1S/C20H24N2O4.C14H19BrN2O4.C9H14INO4.C5H3BrIN.Cu.Zn/c1-13-7-5-6-8-16(13)14-9-10-15(21-12-14)11-17(18(23)24)22-19(25)26-20(2,3)4;1-14(2,3)21-13(19)17-11(12(18)20-4)7-10-6-5-9(15)8-16-10;1-9(2,3)15-8(13)11-6(5-10)7(12)14-4;6-4-1-2-5(7)8-3-4;;/h5-10,12,17H,11H2,1-4H3,(H,22,25)(H,23,24);5-6,8,11H,7H2,1-4H3,(H,17,19);6H,4-5H2,1-3H3;1-3H;;/p+1/t17-;11-;6-;;;/m000.../s1. The molecule has 0 bridgehead atoms. The van der Waals surface area contributed by atoms with Gasteiger partial charge in [-0.25, -0.2) is 29.0 Å². The number of nitrogens with one attached hydrogen (secondary N) is 3. The largest absolute Gasteiger partial charge is 0.602 e. The van der Waals surface area contributed by atoms with Crippen LogP contribution in [-0.4, -0.2) is 110 Å². The van der Waals surface area contributed by atoms with Gasteiger partial charge in [-0.05, 0) is 165 Å². The Bertz CT molecular complexity index is 2320. The van der Waals surface area contributed by atoms with Crippen molar-refractivity contribution in [3.05, 3.63) is 109 Å². The quantitative estimate of drug-likeness (QED) is 0.0196. The Morgan fingerprint density at radius 2 is 1.11 bits per heavy atom. The van der Waals surface area contributed by atoms with E-state index in [0.717, 1.165) is 29.3 Å². The van der Waals surface area contributed by atoms with Crippen molar-refractivity contribution >= 4 is 120 Å². The number of aryl methyl sites for hydroxylation is 1. The molecule has 1 radical (unpaired) electrons. The number of ether oxygens (including phenoxy) is 4. The van der Waals surface area contributed by atoms with Gasteiger partial charge in [-0.15, -0.1) is 0 Å². The van der Waals surface area contributed by atoms with E-state index in [0.29, 0.717) is 15.8 Å². The molecule has 0 fully saturated rings. The van der Waals surface area contributed by atoms with E-state index in [1.54, 1.807) is 93.0 Å². The number of nitrogens with zero attached hydrogens (tertiary/aromatic N) is 3. The maximum Gasteiger partial charge on any atom is 0.602 e. The Labute approximate surface area is 488 Å². The summed E-state index contributed by atoms with van der Waals surface area (Å²) in [5.74, 6) is -2.28. The molecule has 24 heteroatoms. The molecule has 0 aliphatic heterocycles. The maximum absolute atomic E-state index is 11.8. The first kappa shape index (κ1) is 70.4. The minimum atomic E-state index is -1.14. The number of methoxy groups -OCH3 is 1. The summed E-state index contributed by atoms with van der Waals surface area (Å²) in [5, 5.41) is 16.6. The predicted molar refractivity (Wildman–Crippen MR) is 289 cm³/mol. The number of carbonyl (C=O) groups excluding carboxylic acids is 6.